The average molecular weight is 2000 g/mol. The highest BCUT2D eigenvalue weighted by Crippen LogP contribution is 2.40. The van der Waals surface area contributed by atoms with Gasteiger partial charge in [-0.1, -0.05) is 209 Å². The van der Waals surface area contributed by atoms with Crippen LogP contribution in [-0.4, -0.2) is 97.4 Å². The number of amides is 1. The lowest BCUT2D eigenvalue weighted by atomic mass is 9.88. The zero-order chi connectivity index (χ0) is 104. The van der Waals surface area contributed by atoms with E-state index in [0.717, 1.165) is 90.3 Å². The topological polar surface area (TPSA) is 318 Å². The molecule has 762 valence electrons. The second-order valence-electron chi connectivity index (χ2n) is 37.5. The maximum Gasteiger partial charge on any atom is 0.338 e. The van der Waals surface area contributed by atoms with Crippen molar-refractivity contribution in [3.05, 3.63) is 263 Å². The number of carbonyl (C=O) groups excluding carboxylic acids is 4. The van der Waals surface area contributed by atoms with Crippen LogP contribution in [0.15, 0.2) is 207 Å². The number of phenols is 2. The molecule has 12 rings (SSSR count). The van der Waals surface area contributed by atoms with E-state index in [1.165, 1.54) is 101 Å². The number of nitrogens with zero attached hydrogens (tertiary/aromatic N) is 2. The van der Waals surface area contributed by atoms with E-state index in [4.69, 9.17) is 24.1 Å². The van der Waals surface area contributed by atoms with Gasteiger partial charge >= 0.3 is 17.9 Å². The minimum absolute atomic E-state index is 0.163. The van der Waals surface area contributed by atoms with Crippen LogP contribution in [0.1, 0.15) is 359 Å². The molecule has 0 radical (unpaired) electrons. The molecule has 2 saturated carbocycles. The Morgan fingerprint density at radius 3 is 1.29 bits per heavy atom. The first-order valence-corrected chi connectivity index (χ1v) is 51.7. The summed E-state index contributed by atoms with van der Waals surface area (Å²) in [6, 6.07) is 54.9. The van der Waals surface area contributed by atoms with Crippen LogP contribution in [0.5, 0.6) is 17.2 Å². The number of nitrogens with one attached hydrogen (secondary N) is 2. The summed E-state index contributed by atoms with van der Waals surface area (Å²) in [5.41, 5.74) is 5.33. The maximum atomic E-state index is 13.6. The number of fused-ring (bicyclic) bond motifs is 1. The fourth-order valence-electron chi connectivity index (χ4n) is 13.6. The van der Waals surface area contributed by atoms with Crippen LogP contribution in [0.3, 0.4) is 0 Å². The number of benzene rings is 8. The maximum absolute atomic E-state index is 13.6. The number of aromatic amines is 1. The summed E-state index contributed by atoms with van der Waals surface area (Å²) in [5.74, 6) is -7.44. The number of phenolic OH excluding ortho intramolecular Hbond substituents is 2. The van der Waals surface area contributed by atoms with Crippen LogP contribution in [0.2, 0.25) is 0 Å². The van der Waals surface area contributed by atoms with Gasteiger partial charge < -0.3 is 48.2 Å². The van der Waals surface area contributed by atoms with Gasteiger partial charge in [-0.15, -0.1) is 0 Å². The number of imidazole rings is 1. The fourth-order valence-corrected chi connectivity index (χ4v) is 15.5. The lowest BCUT2D eigenvalue weighted by Crippen LogP contribution is -2.52. The zero-order valence-corrected chi connectivity index (χ0v) is 88.5. The first kappa shape index (κ1) is 122. The van der Waals surface area contributed by atoms with Crippen LogP contribution in [-0.2, 0) is 64.6 Å². The third-order valence-electron chi connectivity index (χ3n) is 25.1. The summed E-state index contributed by atoms with van der Waals surface area (Å²) in [6.45, 7) is 45.0. The van der Waals surface area contributed by atoms with Crippen molar-refractivity contribution >= 4 is 80.3 Å². The molecule has 0 saturated heterocycles. The Morgan fingerprint density at radius 2 is 0.928 bits per heavy atom. The van der Waals surface area contributed by atoms with Crippen LogP contribution in [0.4, 0.5) is 22.0 Å². The van der Waals surface area contributed by atoms with Crippen LogP contribution in [0.25, 0.3) is 11.0 Å². The number of aromatic hydroxyl groups is 2. The predicted octanol–water partition coefficient (Wildman–Crippen LogP) is 27.1. The fraction of sp³-hybridized carbons (Fsp3) is 0.486. The lowest BCUT2D eigenvalue weighted by Gasteiger charge is -2.32. The van der Waals surface area contributed by atoms with E-state index in [2.05, 4.69) is 172 Å². The van der Waals surface area contributed by atoms with Gasteiger partial charge in [0.05, 0.1) is 49.6 Å². The van der Waals surface area contributed by atoms with Gasteiger partial charge in [0.1, 0.15) is 60.5 Å². The zero-order valence-electron chi connectivity index (χ0n) is 84.9. The second-order valence-corrected chi connectivity index (χ2v) is 41.4. The standard InChI is InChI=1S/C19H28O2.C18H26O2.C12H12F4O5S.C11H14N2.C10H21NO4S.2C10H14O.C7H11NO.C6H5FS.C6H6S/c1-5-14(2)15-10-12-16(13-11-15)18(20)21-19(3,4)17-8-6-7-9-17;1-4-14(3)15-8-10-16(11-9-15)17(19)20-18(5-2)12-6-7-13-18;1-4-12(2,3)11(17)21-9-5(13)7(15)10(22(18,19)20)8(16)6(9)14;1-3-8(2)11-12-9-6-4-5-7-10(9)13-11;1-6-9(2,3)8(12)11-10(4,5)7-16(13,14)15;2*1-3-8(2)9-4-6-10(11)7-5-9;1-3-6(2)7-8-4-5-9-7;7-5-1-3-6(8)4-2-5;7-6-4-2-1-3-5-6/h10-14,17H,5-9H2,1-4H3;8-11,14H,4-7,12-13H2,1-3H3;4H2,1-3H3,(H,18,19,20);4-8H,3H2,1-2H3,(H,12,13);6-7H2,1-5H3,(H,11,12)(H,13,14,15);2*4-8,11H,3H2,1-2H3;4-6H,3H2,1-2H3;1-4,8H;1-5,7H. The SMILES string of the molecule is CCC(C)(C)C(=O)NC(C)(C)CS(=O)(=O)[O-].CCC(C)(C)C(=O)Oc1c(F)c(F)c(S(=O)(=O)[O-])c(F)c1F.CCC(C)c1ccc(C(=O)OC(C)(C)C2CCCC2)cc1.CCC(C)c1ccc(C(=O)OC2(CC)CCCC2)cc1.CCC(C)c1ccc(O)cc1.CCC(C)c1ccc(O)cc1.CCC(C)c1nc2ccccc2[nH]1.CCC(C)c1ncco1.Fc1ccc([SH2+])cc1.[SH2+]c1ccccc1. The number of oxazole rings is 1. The van der Waals surface area contributed by atoms with Crippen LogP contribution in [0, 0.1) is 45.8 Å². The summed E-state index contributed by atoms with van der Waals surface area (Å²) in [6.07, 6.45) is 21.0. The molecule has 20 nitrogen and oxygen atoms in total. The molecule has 2 aliphatic carbocycles. The molecule has 138 heavy (non-hydrogen) atoms. The third kappa shape index (κ3) is 42.3. The van der Waals surface area contributed by atoms with Gasteiger partial charge in [0.2, 0.25) is 23.3 Å². The first-order valence-electron chi connectivity index (χ1n) is 47.7. The predicted molar refractivity (Wildman–Crippen MR) is 547 cm³/mol. The van der Waals surface area contributed by atoms with E-state index in [9.17, 15) is 67.1 Å². The number of esters is 3. The molecule has 2 aromatic heterocycles. The van der Waals surface area contributed by atoms with Gasteiger partial charge in [0, 0.05) is 22.8 Å². The molecule has 0 spiro atoms. The second kappa shape index (κ2) is 59.0. The van der Waals surface area contributed by atoms with E-state index >= 15 is 0 Å². The average Bonchev–Trinajstić information content (AvgIpc) is 1.26. The summed E-state index contributed by atoms with van der Waals surface area (Å²) >= 11 is 6.58. The highest BCUT2D eigenvalue weighted by molar-refractivity contribution is 7.86. The number of hydrogen-bond donors (Lipinski definition) is 4. The van der Waals surface area contributed by atoms with Crippen LogP contribution >= 0.6 is 0 Å². The quantitative estimate of drug-likeness (QED) is 0.00928. The number of aromatic nitrogens is 3. The van der Waals surface area contributed by atoms with E-state index in [1.54, 1.807) is 69.6 Å². The molecule has 0 aliphatic heterocycles. The minimum Gasteiger partial charge on any atom is -0.748 e. The molecule has 0 bridgehead atoms. The number of hydrogen-bond acceptors (Lipinski definition) is 18. The normalized spacial score (nSPS) is 14.1. The Kier molecular flexibility index (Phi) is 52.2. The van der Waals surface area contributed by atoms with Crippen LogP contribution < -0.4 is 10.1 Å². The van der Waals surface area contributed by atoms with E-state index in [-0.39, 0.29) is 41.3 Å². The Hall–Kier alpha value is -9.91. The monoisotopic (exact) mass is 1990 g/mol. The number of rotatable bonds is 27. The molecule has 8 aromatic carbocycles. The Balaban J connectivity index is 0.000000402. The molecular formula is C109H151F5N4O16S4. The van der Waals surface area contributed by atoms with E-state index < -0.39 is 82.2 Å². The molecule has 6 unspecified atom stereocenters. The molecule has 2 heterocycles. The van der Waals surface area contributed by atoms with Gasteiger partial charge in [-0.3, -0.25) is 9.59 Å². The molecule has 6 atom stereocenters. The smallest absolute Gasteiger partial charge is 0.338 e. The summed E-state index contributed by atoms with van der Waals surface area (Å²) in [7, 11) is -10.2. The van der Waals surface area contributed by atoms with E-state index in [0.29, 0.717) is 70.5 Å². The van der Waals surface area contributed by atoms with Crippen molar-refractivity contribution in [2.24, 2.45) is 16.7 Å². The number of ether oxygens (including phenoxy) is 3. The minimum atomic E-state index is -5.81. The largest absolute Gasteiger partial charge is 0.748 e. The molecule has 10 aromatic rings. The van der Waals surface area contributed by atoms with Crippen molar-refractivity contribution in [2.45, 2.75) is 335 Å². The van der Waals surface area contributed by atoms with Crippen molar-refractivity contribution in [3.8, 4) is 17.2 Å². The van der Waals surface area contributed by atoms with Gasteiger partial charge in [-0.25, -0.2) is 49.6 Å². The molecule has 1 amide bonds. The number of halogens is 5. The molecule has 4 N–H and O–H groups in total. The van der Waals surface area contributed by atoms with Crippen molar-refractivity contribution < 1.29 is 95.9 Å². The summed E-state index contributed by atoms with van der Waals surface area (Å²) in [4.78, 5) is 59.7. The Labute approximate surface area is 828 Å². The van der Waals surface area contributed by atoms with Gasteiger partial charge in [-0.05, 0) is 312 Å². The molecule has 29 heteroatoms. The third-order valence-corrected chi connectivity index (χ3v) is 27.7. The lowest BCUT2D eigenvalue weighted by molar-refractivity contribution is -0.144. The Morgan fingerprint density at radius 1 is 0.522 bits per heavy atom. The molecular weight excluding hydrogens is 1840 g/mol. The summed E-state index contributed by atoms with van der Waals surface area (Å²) < 4.78 is 151. The number of para-hydroxylation sites is 2. The highest BCUT2D eigenvalue weighted by atomic mass is 32.2. The molecule has 2 aliphatic rings. The summed E-state index contributed by atoms with van der Waals surface area (Å²) in [5, 5.41) is 20.6. The number of carbonyl (C=O) groups is 4. The van der Waals surface area contributed by atoms with Gasteiger partial charge in [0.15, 0.2) is 22.4 Å². The van der Waals surface area contributed by atoms with E-state index in [1.807, 2.05) is 116 Å². The van der Waals surface area contributed by atoms with Gasteiger partial charge in [-0.2, -0.15) is 8.78 Å². The van der Waals surface area contributed by atoms with Crippen molar-refractivity contribution in [1.82, 2.24) is 20.3 Å². The van der Waals surface area contributed by atoms with Gasteiger partial charge in [0.25, 0.3) is 0 Å². The first-order chi connectivity index (χ1) is 64.6. The number of H-pyrrole nitrogens is 1. The Bertz CT molecular complexity index is 5370. The highest BCUT2D eigenvalue weighted by Gasteiger charge is 2.39. The van der Waals surface area contributed by atoms with Crippen molar-refractivity contribution in [3.63, 3.8) is 0 Å². The van der Waals surface area contributed by atoms with Crippen molar-refractivity contribution in [2.75, 3.05) is 5.75 Å². The molecule has 2 fully saturated rings. The van der Waals surface area contributed by atoms with Crippen molar-refractivity contribution in [1.29, 1.82) is 0 Å².